The summed E-state index contributed by atoms with van der Waals surface area (Å²) < 4.78 is 59.7. The number of aromatic amines is 1. The maximum absolute atomic E-state index is 12.3. The first-order chi connectivity index (χ1) is 10.5. The van der Waals surface area contributed by atoms with Crippen molar-refractivity contribution >= 4 is 9.84 Å². The van der Waals surface area contributed by atoms with Gasteiger partial charge in [-0.1, -0.05) is 12.1 Å². The van der Waals surface area contributed by atoms with Crippen molar-refractivity contribution in [2.45, 2.75) is 17.6 Å². The maximum atomic E-state index is 12.3. The van der Waals surface area contributed by atoms with E-state index in [-0.39, 0.29) is 20.7 Å². The van der Waals surface area contributed by atoms with Crippen LogP contribution in [0.2, 0.25) is 0 Å². The predicted molar refractivity (Wildman–Crippen MR) is 75.9 cm³/mol. The van der Waals surface area contributed by atoms with Crippen molar-refractivity contribution in [2.24, 2.45) is 0 Å². The number of nitrogens with one attached hydrogen (secondary N) is 1. The molecule has 0 spiro atoms. The van der Waals surface area contributed by atoms with Crippen LogP contribution in [-0.2, 0) is 16.4 Å². The molecule has 0 aliphatic heterocycles. The van der Waals surface area contributed by atoms with Crippen molar-refractivity contribution in [1.82, 2.24) is 9.78 Å². The van der Waals surface area contributed by atoms with E-state index >= 15 is 0 Å². The smallest absolute Gasteiger partial charge is 0.302 e. The van der Waals surface area contributed by atoms with Crippen molar-refractivity contribution in [1.29, 1.82) is 0 Å². The van der Waals surface area contributed by atoms with Crippen molar-refractivity contribution in [2.75, 3.05) is 6.26 Å². The lowest BCUT2D eigenvalue weighted by Crippen LogP contribution is -2.39. The predicted octanol–water partition coefficient (Wildman–Crippen LogP) is 1.17. The minimum absolute atomic E-state index is 0.0168. The summed E-state index contributed by atoms with van der Waals surface area (Å²) in [6.07, 6.45) is -2.66. The minimum atomic E-state index is -4.65. The quantitative estimate of drug-likeness (QED) is 0.844. The Kier molecular flexibility index (Phi) is 4.20. The second-order valence-electron chi connectivity index (χ2n) is 4.82. The number of aromatic nitrogens is 2. The topological polar surface area (TPSA) is 89.0 Å². The van der Waals surface area contributed by atoms with Gasteiger partial charge < -0.3 is 5.10 Å². The highest BCUT2D eigenvalue weighted by Crippen LogP contribution is 2.18. The number of rotatable bonds is 3. The van der Waals surface area contributed by atoms with Crippen LogP contribution in [0.15, 0.2) is 44.9 Å². The van der Waals surface area contributed by atoms with Crippen molar-refractivity contribution in [3.8, 4) is 11.1 Å². The lowest BCUT2D eigenvalue weighted by molar-refractivity contribution is -0.143. The average Bonchev–Trinajstić information content (AvgIpc) is 2.42. The van der Waals surface area contributed by atoms with E-state index in [4.69, 9.17) is 0 Å². The summed E-state index contributed by atoms with van der Waals surface area (Å²) >= 11 is 0. The number of alkyl halides is 3. The zero-order valence-corrected chi connectivity index (χ0v) is 12.5. The van der Waals surface area contributed by atoms with E-state index in [9.17, 15) is 31.2 Å². The lowest BCUT2D eigenvalue weighted by atomic mass is 10.1. The van der Waals surface area contributed by atoms with Gasteiger partial charge in [-0.25, -0.2) is 13.1 Å². The van der Waals surface area contributed by atoms with Crippen molar-refractivity contribution < 1.29 is 21.6 Å². The Morgan fingerprint density at radius 2 is 1.70 bits per heavy atom. The van der Waals surface area contributed by atoms with E-state index in [0.717, 1.165) is 12.5 Å². The molecule has 6 nitrogen and oxygen atoms in total. The van der Waals surface area contributed by atoms with Crippen LogP contribution in [-0.4, -0.2) is 30.6 Å². The van der Waals surface area contributed by atoms with Crippen LogP contribution in [0, 0.1) is 0 Å². The molecule has 1 N–H and O–H groups in total. The summed E-state index contributed by atoms with van der Waals surface area (Å²) in [5, 5.41) is 2.11. The van der Waals surface area contributed by atoms with E-state index in [2.05, 4.69) is 5.10 Å². The second kappa shape index (κ2) is 5.69. The van der Waals surface area contributed by atoms with E-state index in [1.165, 1.54) is 24.3 Å². The molecule has 23 heavy (non-hydrogen) atoms. The highest BCUT2D eigenvalue weighted by Gasteiger charge is 2.29. The van der Waals surface area contributed by atoms with Gasteiger partial charge in [0.2, 0.25) is 0 Å². The van der Waals surface area contributed by atoms with Gasteiger partial charge in [-0.3, -0.25) is 9.59 Å². The molecule has 1 heterocycles. The highest BCUT2D eigenvalue weighted by atomic mass is 32.2. The van der Waals surface area contributed by atoms with Crippen LogP contribution in [0.1, 0.15) is 0 Å². The maximum Gasteiger partial charge on any atom is 0.408 e. The number of nitrogens with zero attached hydrogens (tertiary/aromatic N) is 1. The number of halogens is 3. The molecular formula is C13H11F3N2O4S. The third kappa shape index (κ3) is 3.89. The third-order valence-electron chi connectivity index (χ3n) is 2.98. The number of hydrogen-bond acceptors (Lipinski definition) is 4. The Morgan fingerprint density at radius 3 is 2.17 bits per heavy atom. The monoisotopic (exact) mass is 348 g/mol. The van der Waals surface area contributed by atoms with Gasteiger partial charge in [0.05, 0.1) is 10.5 Å². The molecule has 2 aromatic rings. The summed E-state index contributed by atoms with van der Waals surface area (Å²) in [4.78, 5) is 23.6. The van der Waals surface area contributed by atoms with Crippen LogP contribution in [0.3, 0.4) is 0 Å². The zero-order valence-electron chi connectivity index (χ0n) is 11.7. The van der Waals surface area contributed by atoms with E-state index in [1.807, 2.05) is 0 Å². The number of hydrogen-bond donors (Lipinski definition) is 1. The molecule has 0 atom stereocenters. The first kappa shape index (κ1) is 17.0. The first-order valence-corrected chi connectivity index (χ1v) is 8.08. The molecule has 0 fully saturated rings. The van der Waals surface area contributed by atoms with Crippen LogP contribution in [0.4, 0.5) is 13.2 Å². The van der Waals surface area contributed by atoms with Crippen molar-refractivity contribution in [3.63, 3.8) is 0 Å². The van der Waals surface area contributed by atoms with Crippen LogP contribution in [0.25, 0.3) is 11.1 Å². The van der Waals surface area contributed by atoms with E-state index in [1.54, 1.807) is 0 Å². The van der Waals surface area contributed by atoms with Gasteiger partial charge in [0, 0.05) is 12.5 Å². The number of H-pyrrole nitrogens is 1. The lowest BCUT2D eigenvalue weighted by Gasteiger charge is -2.10. The summed E-state index contributed by atoms with van der Waals surface area (Å²) in [5.74, 6) is 0. The van der Waals surface area contributed by atoms with Gasteiger partial charge in [0.1, 0.15) is 6.54 Å². The van der Waals surface area contributed by atoms with Crippen molar-refractivity contribution in [3.05, 3.63) is 51.0 Å². The Labute approximate surface area is 128 Å². The Bertz CT molecular complexity index is 941. The Hall–Kier alpha value is -2.36. The fourth-order valence-corrected chi connectivity index (χ4v) is 2.53. The standard InChI is InChI=1S/C13H11F3N2O4S/c1-23(21,22)9-4-2-8(3-5-9)10-6-17-18(7-13(14,15)16)12(20)11(10)19/h2-6,17H,7H2,1H3. The largest absolute Gasteiger partial charge is 0.408 e. The first-order valence-electron chi connectivity index (χ1n) is 6.19. The van der Waals surface area contributed by atoms with Crippen LogP contribution in [0.5, 0.6) is 0 Å². The molecule has 0 aliphatic rings. The molecule has 1 aromatic carbocycles. The number of benzene rings is 1. The molecule has 2 rings (SSSR count). The summed E-state index contributed by atoms with van der Waals surface area (Å²) in [7, 11) is -3.42. The molecule has 0 radical (unpaired) electrons. The van der Waals surface area contributed by atoms with Gasteiger partial charge in [-0.15, -0.1) is 0 Å². The van der Waals surface area contributed by atoms with Crippen LogP contribution < -0.4 is 11.0 Å². The highest BCUT2D eigenvalue weighted by molar-refractivity contribution is 7.90. The summed E-state index contributed by atoms with van der Waals surface area (Å²) in [5.41, 5.74) is -2.38. The molecule has 0 aliphatic carbocycles. The molecule has 0 saturated carbocycles. The zero-order chi connectivity index (χ0) is 17.4. The van der Waals surface area contributed by atoms with E-state index < -0.39 is 33.5 Å². The Balaban J connectivity index is 2.48. The summed E-state index contributed by atoms with van der Waals surface area (Å²) in [6, 6.07) is 5.08. The SMILES string of the molecule is CS(=O)(=O)c1ccc(-c2c[nH]n(CC(F)(F)F)c(=O)c2=O)cc1. The van der Waals surface area contributed by atoms with Gasteiger partial charge >= 0.3 is 11.7 Å². The van der Waals surface area contributed by atoms with Gasteiger partial charge in [0.25, 0.3) is 5.43 Å². The normalized spacial score (nSPS) is 12.3. The van der Waals surface area contributed by atoms with Gasteiger partial charge in [0.15, 0.2) is 9.84 Å². The fourth-order valence-electron chi connectivity index (χ4n) is 1.90. The number of sulfone groups is 1. The van der Waals surface area contributed by atoms with E-state index in [0.29, 0.717) is 0 Å². The third-order valence-corrected chi connectivity index (χ3v) is 4.11. The summed E-state index contributed by atoms with van der Waals surface area (Å²) in [6.45, 7) is -1.60. The molecule has 0 saturated heterocycles. The molecule has 0 bridgehead atoms. The van der Waals surface area contributed by atoms with Crippen LogP contribution >= 0.6 is 0 Å². The Morgan fingerprint density at radius 1 is 1.13 bits per heavy atom. The van der Waals surface area contributed by atoms with Gasteiger partial charge in [-0.2, -0.15) is 13.2 Å². The molecule has 124 valence electrons. The molecule has 1 aromatic heterocycles. The minimum Gasteiger partial charge on any atom is -0.302 e. The fraction of sp³-hybridized carbons (Fsp3) is 0.231. The molecule has 10 heteroatoms. The average molecular weight is 348 g/mol. The van der Waals surface area contributed by atoms with Gasteiger partial charge in [-0.05, 0) is 17.7 Å². The molecule has 0 amide bonds. The molecule has 0 unspecified atom stereocenters. The second-order valence-corrected chi connectivity index (χ2v) is 6.83. The molecular weight excluding hydrogens is 337 g/mol.